The topological polar surface area (TPSA) is 129 Å². The van der Waals surface area contributed by atoms with E-state index in [2.05, 4.69) is 10.2 Å². The predicted molar refractivity (Wildman–Crippen MR) is 117 cm³/mol. The van der Waals surface area contributed by atoms with Gasteiger partial charge in [0.25, 0.3) is 0 Å². The molecule has 0 saturated carbocycles. The molecule has 8 N–H and O–H groups in total. The molecule has 0 saturated heterocycles. The first-order valence-electron chi connectivity index (χ1n) is 28.0. The van der Waals surface area contributed by atoms with Crippen molar-refractivity contribution in [3.63, 3.8) is 0 Å². The summed E-state index contributed by atoms with van der Waals surface area (Å²) in [5, 5.41) is 25.7. The van der Waals surface area contributed by atoms with Crippen LogP contribution >= 0.6 is 0 Å². The summed E-state index contributed by atoms with van der Waals surface area (Å²) in [6.07, 6.45) is -17.1. The fraction of sp³-hybridized carbons (Fsp3) is 1.00. The minimum absolute atomic E-state index is 1.01. The van der Waals surface area contributed by atoms with E-state index >= 15 is 0 Å². The van der Waals surface area contributed by atoms with Gasteiger partial charge in [-0.05, 0) is 25.5 Å². The van der Waals surface area contributed by atoms with Crippen LogP contribution in [0.5, 0.6) is 0 Å². The first-order chi connectivity index (χ1) is 30.3. The lowest BCUT2D eigenvalue weighted by molar-refractivity contribution is 0.229. The molecule has 0 amide bonds. The van der Waals surface area contributed by atoms with E-state index in [9.17, 15) is 10.2 Å². The zero-order chi connectivity index (χ0) is 60.0. The molecule has 0 spiro atoms. The molecule has 0 aromatic carbocycles. The van der Waals surface area contributed by atoms with Crippen molar-refractivity contribution in [1.82, 2.24) is 21.3 Å². The van der Waals surface area contributed by atoms with Gasteiger partial charge in [-0.25, -0.2) is 0 Å². The molecule has 8 nitrogen and oxygen atoms in total. The van der Waals surface area contributed by atoms with E-state index in [4.69, 9.17) is 60.5 Å². The van der Waals surface area contributed by atoms with Crippen LogP contribution < -0.4 is 21.3 Å². The summed E-state index contributed by atoms with van der Waals surface area (Å²) in [6.45, 7) is -50.8. The van der Waals surface area contributed by atoms with Gasteiger partial charge in [0, 0.05) is 93.9 Å². The van der Waals surface area contributed by atoms with Gasteiger partial charge in [0.15, 0.2) is 0 Å². The van der Waals surface area contributed by atoms with Gasteiger partial charge in [-0.3, -0.25) is 0 Å². The molecule has 0 unspecified atom stereocenters. The van der Waals surface area contributed by atoms with E-state index < -0.39 is 140 Å². The first-order valence-corrected chi connectivity index (χ1v) is 6.25. The van der Waals surface area contributed by atoms with Gasteiger partial charge in [-0.2, -0.15) is 0 Å². The quantitative estimate of drug-likeness (QED) is 0.123. The predicted octanol–water partition coefficient (Wildman–Crippen LogP) is -0.585. The fourth-order valence-corrected chi connectivity index (χ4v) is 0.676. The van der Waals surface area contributed by atoms with Crippen LogP contribution in [0.3, 0.4) is 0 Å². The Morgan fingerprint density at radius 2 is 1.11 bits per heavy atom. The maximum absolute atomic E-state index is 9.67. The summed E-state index contributed by atoms with van der Waals surface area (Å²) >= 11 is 0. The number of rotatable bonds is 20. The molecule has 172 valence electrons. The average molecular weight is 453 g/mol. The summed E-state index contributed by atoms with van der Waals surface area (Å²) < 4.78 is 333. The molecular weight excluding hydrogens is 360 g/mol. The molecule has 0 radical (unpaired) electrons. The zero-order valence-corrected chi connectivity index (χ0v) is 13.6. The zero-order valence-electron chi connectivity index (χ0n) is 57.6. The Morgan fingerprint density at radius 1 is 0.714 bits per heavy atom. The van der Waals surface area contributed by atoms with Gasteiger partial charge in [-0.1, -0.05) is 27.4 Å². The molecular formula is C20H48N4O4. The number of nitrogens with one attached hydrogen (secondary N) is 4. The Kier molecular flexibility index (Phi) is 3.33. The SMILES string of the molecule is [2H]C([2H])([2H])C([2H])([2H])[C@]([2H])(NC([2H])([2H])C([2H])([2H])N[C@]([2H])(C([2H])([2H])O)C([2H])([2H])C([2H])([2H])[2H])C([2H])([2H])O.[2H]OC([2H])([2H])[C@@]([2H])(N([2H])C([2H])([2H])C([2H])([2H])N([2H])[C@]([2H])(C([2H])([2H])O[2H])C([2H])([2H])C([2H])([2H])[2H])C([2H])([2H])C([2H])([2H])[2H]. The van der Waals surface area contributed by atoms with Crippen LogP contribution in [0.1, 0.15) is 108 Å². The minimum Gasteiger partial charge on any atom is -0.395 e. The maximum atomic E-state index is 9.67. The van der Waals surface area contributed by atoms with E-state index in [1.54, 1.807) is 0 Å². The van der Waals surface area contributed by atoms with Crippen molar-refractivity contribution in [1.29, 1.82) is 2.86 Å². The lowest BCUT2D eigenvalue weighted by atomic mass is 10.2. The van der Waals surface area contributed by atoms with Gasteiger partial charge in [0.2, 0.25) is 2.86 Å². The summed E-state index contributed by atoms with van der Waals surface area (Å²) in [4.78, 5) is 0. The highest BCUT2D eigenvalue weighted by Crippen LogP contribution is 1.90. The van der Waals surface area contributed by atoms with Crippen molar-refractivity contribution in [2.45, 2.75) is 77.0 Å². The van der Waals surface area contributed by atoms with Crippen molar-refractivity contribution < 1.29 is 78.1 Å². The second-order valence-electron chi connectivity index (χ2n) is 3.32. The van der Waals surface area contributed by atoms with E-state index in [0.29, 0.717) is 0 Å². The van der Waals surface area contributed by atoms with Crippen LogP contribution in [-0.2, 0) is 0 Å². The van der Waals surface area contributed by atoms with Crippen molar-refractivity contribution in [3.8, 4) is 0 Å². The Hall–Kier alpha value is -0.320. The van der Waals surface area contributed by atoms with Crippen molar-refractivity contribution in [2.24, 2.45) is 0 Å². The summed E-state index contributed by atoms with van der Waals surface area (Å²) in [6, 6.07) is -17.6. The molecule has 4 atom stereocenters. The molecule has 0 aromatic rings. The van der Waals surface area contributed by atoms with E-state index in [1.807, 2.05) is 0 Å². The Morgan fingerprint density at radius 3 is 1.43 bits per heavy atom. The fourth-order valence-electron chi connectivity index (χ4n) is 0.676. The Labute approximate surface area is 234 Å². The molecule has 0 bridgehead atoms. The second-order valence-corrected chi connectivity index (χ2v) is 3.32. The molecule has 0 rings (SSSR count). The van der Waals surface area contributed by atoms with Crippen molar-refractivity contribution >= 4 is 0 Å². The highest BCUT2D eigenvalue weighted by molar-refractivity contribution is 4.68. The summed E-state index contributed by atoms with van der Waals surface area (Å²) in [5.41, 5.74) is 0. The van der Waals surface area contributed by atoms with Crippen LogP contribution in [0.4, 0.5) is 0 Å². The molecule has 28 heavy (non-hydrogen) atoms. The highest BCUT2D eigenvalue weighted by Gasteiger charge is 2.05. The largest absolute Gasteiger partial charge is 0.395 e. The molecule has 0 aliphatic carbocycles. The van der Waals surface area contributed by atoms with Gasteiger partial charge in [0.05, 0.1) is 37.2 Å². The number of aliphatic hydroxyl groups is 4. The second kappa shape index (κ2) is 23.0. The summed E-state index contributed by atoms with van der Waals surface area (Å²) in [7, 11) is 0. The lowest BCUT2D eigenvalue weighted by Crippen LogP contribution is -2.40. The third kappa shape index (κ3) is 17.8. The molecule has 0 aliphatic rings. The monoisotopic (exact) mass is 453 g/mol. The van der Waals surface area contributed by atoms with Crippen LogP contribution in [-0.4, -0.2) is 99.6 Å². The van der Waals surface area contributed by atoms with Gasteiger partial charge in [-0.15, -0.1) is 0 Å². The normalized spacial score (nSPS) is 51.3. The minimum atomic E-state index is -4.66. The standard InChI is InChI=1S/2C10H24N2O2/c2*1-3-9(7-13)11-5-6-12-10(4-2)8-14/h2*9-14H,3-8H2,1-2H3/t2*9-,10-/m00/s1/i1D3,2D3,3D2,4D2,5D2,6D2,7D2,8D2,9D,10D,13D,14D;1D3,2D3,3D2,4D2,5D2,6D2,7D2,8D2,9D,10D/hD2. The maximum Gasteiger partial charge on any atom is 0.210 e. The first kappa shape index (κ1) is 4.06. The van der Waals surface area contributed by atoms with Crippen LogP contribution in [0.2, 0.25) is 2.82 Å². The van der Waals surface area contributed by atoms with Crippen LogP contribution in [0.25, 0.3) is 0 Å². The molecule has 0 aliphatic heterocycles. The molecule has 0 fully saturated rings. The summed E-state index contributed by atoms with van der Waals surface area (Å²) in [5.74, 6) is 0. The van der Waals surface area contributed by atoms with Crippen LogP contribution in [0, 0.1) is 0 Å². The molecule has 0 aromatic heterocycles. The van der Waals surface area contributed by atoms with E-state index in [1.165, 1.54) is 0 Å². The van der Waals surface area contributed by atoms with Gasteiger partial charge in [0.1, 0.15) is 2.82 Å². The third-order valence-electron chi connectivity index (χ3n) is 1.73. The highest BCUT2D eigenvalue weighted by atomic mass is 16.3. The van der Waals surface area contributed by atoms with Crippen molar-refractivity contribution in [2.75, 3.05) is 52.2 Å². The van der Waals surface area contributed by atoms with E-state index in [-0.39, 0.29) is 0 Å². The third-order valence-corrected chi connectivity index (χ3v) is 1.73. The van der Waals surface area contributed by atoms with Gasteiger partial charge >= 0.3 is 0 Å². The Bertz CT molecular complexity index is 1700. The lowest BCUT2D eigenvalue weighted by Gasteiger charge is -2.17. The number of hydrogen-bond donors (Lipinski definition) is 8. The average Bonchev–Trinajstić information content (AvgIpc) is 3.12. The van der Waals surface area contributed by atoms with E-state index in [0.717, 1.165) is 10.6 Å². The molecule has 0 heterocycles. The van der Waals surface area contributed by atoms with Crippen LogP contribution in [0.15, 0.2) is 0 Å². The Balaban J connectivity index is 0. The number of hydrogen-bond acceptors (Lipinski definition) is 8. The smallest absolute Gasteiger partial charge is 0.210 e. The molecule has 8 heteroatoms. The van der Waals surface area contributed by atoms with Gasteiger partial charge < -0.3 is 41.7 Å². The van der Waals surface area contributed by atoms with Crippen molar-refractivity contribution in [3.05, 3.63) is 0 Å².